The molecule has 2 N–H and O–H groups in total. The SMILES string of the molecule is Nc1cccc(CC(=O)OCCc2cccnc2)c1. The Morgan fingerprint density at radius 1 is 1.21 bits per heavy atom. The molecule has 0 radical (unpaired) electrons. The number of carbonyl (C=O) groups excluding carboxylic acids is 1. The number of nitrogens with zero attached hydrogens (tertiary/aromatic N) is 1. The van der Waals surface area contributed by atoms with E-state index in [4.69, 9.17) is 10.5 Å². The molecule has 1 heterocycles. The first-order valence-electron chi connectivity index (χ1n) is 6.13. The van der Waals surface area contributed by atoms with Crippen LogP contribution in [0, 0.1) is 0 Å². The molecule has 0 aliphatic heterocycles. The highest BCUT2D eigenvalue weighted by atomic mass is 16.5. The van der Waals surface area contributed by atoms with Gasteiger partial charge in [-0.3, -0.25) is 9.78 Å². The van der Waals surface area contributed by atoms with Crippen LogP contribution in [0.1, 0.15) is 11.1 Å². The number of nitrogens with two attached hydrogens (primary N) is 1. The van der Waals surface area contributed by atoms with Crippen molar-refractivity contribution in [1.82, 2.24) is 4.98 Å². The van der Waals surface area contributed by atoms with Crippen molar-refractivity contribution in [2.24, 2.45) is 0 Å². The van der Waals surface area contributed by atoms with Crippen LogP contribution in [0.4, 0.5) is 5.69 Å². The Bertz CT molecular complexity index is 541. The van der Waals surface area contributed by atoms with Gasteiger partial charge in [-0.1, -0.05) is 18.2 Å². The number of nitrogen functional groups attached to an aromatic ring is 1. The average molecular weight is 256 g/mol. The van der Waals surface area contributed by atoms with Crippen LogP contribution in [0.2, 0.25) is 0 Å². The molecule has 0 saturated heterocycles. The normalized spacial score (nSPS) is 10.1. The van der Waals surface area contributed by atoms with E-state index in [1.807, 2.05) is 24.3 Å². The van der Waals surface area contributed by atoms with E-state index < -0.39 is 0 Å². The molecule has 0 unspecified atom stereocenters. The number of ether oxygens (including phenoxy) is 1. The number of aromatic nitrogens is 1. The zero-order chi connectivity index (χ0) is 13.5. The minimum atomic E-state index is -0.241. The number of rotatable bonds is 5. The van der Waals surface area contributed by atoms with Crippen molar-refractivity contribution in [1.29, 1.82) is 0 Å². The lowest BCUT2D eigenvalue weighted by Gasteiger charge is -2.05. The van der Waals surface area contributed by atoms with Crippen LogP contribution in [0.15, 0.2) is 48.8 Å². The van der Waals surface area contributed by atoms with E-state index in [0.717, 1.165) is 11.1 Å². The summed E-state index contributed by atoms with van der Waals surface area (Å²) in [6, 6.07) is 11.1. The number of carbonyl (C=O) groups is 1. The minimum Gasteiger partial charge on any atom is -0.465 e. The van der Waals surface area contributed by atoms with Gasteiger partial charge in [0.25, 0.3) is 0 Å². The molecule has 4 nitrogen and oxygen atoms in total. The third-order valence-electron chi connectivity index (χ3n) is 2.68. The maximum atomic E-state index is 11.6. The van der Waals surface area contributed by atoms with Crippen LogP contribution < -0.4 is 5.73 Å². The van der Waals surface area contributed by atoms with Crippen LogP contribution in [-0.4, -0.2) is 17.6 Å². The summed E-state index contributed by atoms with van der Waals surface area (Å²) in [6.07, 6.45) is 4.41. The Hall–Kier alpha value is -2.36. The third kappa shape index (κ3) is 4.43. The molecule has 0 fully saturated rings. The predicted octanol–water partition coefficient (Wildman–Crippen LogP) is 1.99. The lowest BCUT2D eigenvalue weighted by molar-refractivity contribution is -0.142. The van der Waals surface area contributed by atoms with Gasteiger partial charge in [0.1, 0.15) is 0 Å². The minimum absolute atomic E-state index is 0.241. The van der Waals surface area contributed by atoms with Crippen LogP contribution in [0.3, 0.4) is 0 Å². The molecule has 98 valence electrons. The van der Waals surface area contributed by atoms with Gasteiger partial charge in [-0.15, -0.1) is 0 Å². The topological polar surface area (TPSA) is 65.2 Å². The van der Waals surface area contributed by atoms with Gasteiger partial charge in [-0.05, 0) is 29.3 Å². The van der Waals surface area contributed by atoms with Crippen molar-refractivity contribution < 1.29 is 9.53 Å². The lowest BCUT2D eigenvalue weighted by atomic mass is 10.1. The van der Waals surface area contributed by atoms with Gasteiger partial charge in [0.15, 0.2) is 0 Å². The molecule has 2 aromatic rings. The first-order valence-corrected chi connectivity index (χ1v) is 6.13. The molecule has 0 bridgehead atoms. The summed E-state index contributed by atoms with van der Waals surface area (Å²) in [5.74, 6) is -0.241. The predicted molar refractivity (Wildman–Crippen MR) is 73.5 cm³/mol. The molecule has 4 heteroatoms. The second-order valence-corrected chi connectivity index (χ2v) is 4.25. The fraction of sp³-hybridized carbons (Fsp3) is 0.200. The van der Waals surface area contributed by atoms with Crippen molar-refractivity contribution >= 4 is 11.7 Å². The van der Waals surface area contributed by atoms with Gasteiger partial charge in [-0.2, -0.15) is 0 Å². The zero-order valence-corrected chi connectivity index (χ0v) is 10.6. The van der Waals surface area contributed by atoms with E-state index in [1.54, 1.807) is 24.5 Å². The van der Waals surface area contributed by atoms with Gasteiger partial charge in [-0.25, -0.2) is 0 Å². The van der Waals surface area contributed by atoms with Crippen LogP contribution in [-0.2, 0) is 22.4 Å². The molecule has 1 aromatic heterocycles. The van der Waals surface area contributed by atoms with Gasteiger partial charge >= 0.3 is 5.97 Å². The molecule has 1 aromatic carbocycles. The smallest absolute Gasteiger partial charge is 0.310 e. The highest BCUT2D eigenvalue weighted by molar-refractivity contribution is 5.73. The third-order valence-corrected chi connectivity index (χ3v) is 2.68. The molecule has 0 aliphatic carbocycles. The first-order chi connectivity index (χ1) is 9.24. The van der Waals surface area contributed by atoms with Gasteiger partial charge in [0, 0.05) is 24.5 Å². The van der Waals surface area contributed by atoms with Gasteiger partial charge in [0.2, 0.25) is 0 Å². The van der Waals surface area contributed by atoms with Crippen molar-refractivity contribution in [2.45, 2.75) is 12.8 Å². The monoisotopic (exact) mass is 256 g/mol. The molecule has 2 rings (SSSR count). The molecule has 0 saturated carbocycles. The Morgan fingerprint density at radius 2 is 2.05 bits per heavy atom. The maximum absolute atomic E-state index is 11.6. The summed E-state index contributed by atoms with van der Waals surface area (Å²) in [4.78, 5) is 15.6. The zero-order valence-electron chi connectivity index (χ0n) is 10.6. The summed E-state index contributed by atoms with van der Waals surface area (Å²) < 4.78 is 5.18. The Labute approximate surface area is 112 Å². The largest absolute Gasteiger partial charge is 0.465 e. The first kappa shape index (κ1) is 13.1. The maximum Gasteiger partial charge on any atom is 0.310 e. The second-order valence-electron chi connectivity index (χ2n) is 4.25. The van der Waals surface area contributed by atoms with E-state index >= 15 is 0 Å². The highest BCUT2D eigenvalue weighted by Gasteiger charge is 2.05. The molecule has 19 heavy (non-hydrogen) atoms. The van der Waals surface area contributed by atoms with Crippen LogP contribution in [0.25, 0.3) is 0 Å². The summed E-state index contributed by atoms with van der Waals surface area (Å²) in [5.41, 5.74) is 8.23. The summed E-state index contributed by atoms with van der Waals surface area (Å²) in [6.45, 7) is 0.368. The second kappa shape index (κ2) is 6.54. The Balaban J connectivity index is 1.76. The van der Waals surface area contributed by atoms with E-state index in [-0.39, 0.29) is 12.4 Å². The van der Waals surface area contributed by atoms with Crippen LogP contribution >= 0.6 is 0 Å². The number of esters is 1. The fourth-order valence-electron chi connectivity index (χ4n) is 1.75. The van der Waals surface area contributed by atoms with Crippen molar-refractivity contribution in [2.75, 3.05) is 12.3 Å². The number of anilines is 1. The molecular formula is C15H16N2O2. The Morgan fingerprint density at radius 3 is 2.79 bits per heavy atom. The molecule has 0 atom stereocenters. The van der Waals surface area contributed by atoms with E-state index in [2.05, 4.69) is 4.98 Å². The fourth-order valence-corrected chi connectivity index (χ4v) is 1.75. The Kier molecular flexibility index (Phi) is 4.50. The quantitative estimate of drug-likeness (QED) is 0.656. The van der Waals surface area contributed by atoms with Crippen molar-refractivity contribution in [3.8, 4) is 0 Å². The highest BCUT2D eigenvalue weighted by Crippen LogP contribution is 2.08. The van der Waals surface area contributed by atoms with E-state index in [0.29, 0.717) is 18.7 Å². The molecular weight excluding hydrogens is 240 g/mol. The number of benzene rings is 1. The van der Waals surface area contributed by atoms with Crippen LogP contribution in [0.5, 0.6) is 0 Å². The summed E-state index contributed by atoms with van der Waals surface area (Å²) >= 11 is 0. The average Bonchev–Trinajstić information content (AvgIpc) is 2.40. The molecule has 0 aliphatic rings. The number of hydrogen-bond donors (Lipinski definition) is 1. The van der Waals surface area contributed by atoms with E-state index in [9.17, 15) is 4.79 Å². The number of hydrogen-bond acceptors (Lipinski definition) is 4. The van der Waals surface area contributed by atoms with Crippen molar-refractivity contribution in [3.05, 3.63) is 59.9 Å². The summed E-state index contributed by atoms with van der Waals surface area (Å²) in [7, 11) is 0. The molecule has 0 spiro atoms. The number of pyridine rings is 1. The molecule has 0 amide bonds. The lowest BCUT2D eigenvalue weighted by Crippen LogP contribution is -2.10. The van der Waals surface area contributed by atoms with Gasteiger partial charge < -0.3 is 10.5 Å². The summed E-state index contributed by atoms with van der Waals surface area (Å²) in [5, 5.41) is 0. The van der Waals surface area contributed by atoms with E-state index in [1.165, 1.54) is 0 Å². The standard InChI is InChI=1S/C15H16N2O2/c16-14-5-1-3-13(9-14)10-15(18)19-8-6-12-4-2-7-17-11-12/h1-5,7,9,11H,6,8,10,16H2. The van der Waals surface area contributed by atoms with Gasteiger partial charge in [0.05, 0.1) is 13.0 Å². The van der Waals surface area contributed by atoms with Crippen molar-refractivity contribution in [3.63, 3.8) is 0 Å².